The van der Waals surface area contributed by atoms with Crippen LogP contribution in [-0.2, 0) is 0 Å². The Kier molecular flexibility index (Phi) is 5.48. The smallest absolute Gasteiger partial charge is 0.183 e. The van der Waals surface area contributed by atoms with E-state index in [1.807, 2.05) is 42.5 Å². The summed E-state index contributed by atoms with van der Waals surface area (Å²) in [7, 11) is 0. The minimum atomic E-state index is 0.106. The van der Waals surface area contributed by atoms with Crippen LogP contribution in [-0.4, -0.2) is 48.8 Å². The number of hydrogen-bond acceptors (Lipinski definition) is 6. The van der Waals surface area contributed by atoms with Crippen LogP contribution in [0.1, 0.15) is 12.8 Å². The van der Waals surface area contributed by atoms with Gasteiger partial charge >= 0.3 is 0 Å². The molecule has 0 saturated carbocycles. The van der Waals surface area contributed by atoms with Gasteiger partial charge in [-0.15, -0.1) is 0 Å². The van der Waals surface area contributed by atoms with Crippen molar-refractivity contribution in [2.24, 2.45) is 5.92 Å². The first-order chi connectivity index (χ1) is 14.2. The first kappa shape index (κ1) is 19.0. The Hall–Kier alpha value is -2.02. The van der Waals surface area contributed by atoms with Crippen molar-refractivity contribution in [1.29, 1.82) is 0 Å². The Morgan fingerprint density at radius 2 is 1.97 bits per heavy atom. The molecule has 2 aliphatic rings. The number of anilines is 1. The predicted octanol–water partition coefficient (Wildman–Crippen LogP) is 4.91. The number of ether oxygens (including phenoxy) is 2. The minimum Gasteiger partial charge on any atom is -0.486 e. The van der Waals surface area contributed by atoms with Gasteiger partial charge in [-0.3, -0.25) is 4.90 Å². The Labute approximate surface area is 179 Å². The minimum absolute atomic E-state index is 0.106. The molecule has 5 rings (SSSR count). The third kappa shape index (κ3) is 4.44. The fourth-order valence-corrected chi connectivity index (χ4v) is 5.17. The second-order valence-corrected chi connectivity index (χ2v) is 9.22. The number of aromatic nitrogens is 1. The number of rotatable bonds is 5. The van der Waals surface area contributed by atoms with Gasteiger partial charge in [0.1, 0.15) is 12.7 Å². The molecule has 2 aliphatic heterocycles. The highest BCUT2D eigenvalue weighted by molar-refractivity contribution is 7.22. The van der Waals surface area contributed by atoms with E-state index in [4.69, 9.17) is 21.1 Å². The maximum Gasteiger partial charge on any atom is 0.183 e. The summed E-state index contributed by atoms with van der Waals surface area (Å²) >= 11 is 7.74. The molecule has 1 atom stereocenters. The summed E-state index contributed by atoms with van der Waals surface area (Å²) in [5.41, 5.74) is 1.01. The van der Waals surface area contributed by atoms with E-state index in [2.05, 4.69) is 15.2 Å². The number of nitrogens with one attached hydrogen (secondary N) is 1. The molecule has 1 saturated heterocycles. The number of hydrogen-bond donors (Lipinski definition) is 1. The summed E-state index contributed by atoms with van der Waals surface area (Å²) in [5.74, 6) is 2.39. The molecule has 29 heavy (non-hydrogen) atoms. The molecule has 0 radical (unpaired) electrons. The van der Waals surface area contributed by atoms with Crippen LogP contribution in [0, 0.1) is 5.92 Å². The molecule has 152 valence electrons. The summed E-state index contributed by atoms with van der Waals surface area (Å²) in [6, 6.07) is 13.8. The molecule has 1 fully saturated rings. The SMILES string of the molecule is Clc1ccc2nc(NCC3CCN(CC4COc5ccccc5O4)CC3)sc2c1. The second-order valence-electron chi connectivity index (χ2n) is 7.75. The summed E-state index contributed by atoms with van der Waals surface area (Å²) in [6.07, 6.45) is 2.48. The lowest BCUT2D eigenvalue weighted by atomic mass is 9.96. The van der Waals surface area contributed by atoms with E-state index < -0.39 is 0 Å². The Balaban J connectivity index is 1.08. The van der Waals surface area contributed by atoms with E-state index in [9.17, 15) is 0 Å². The average molecular weight is 430 g/mol. The predicted molar refractivity (Wildman–Crippen MR) is 119 cm³/mol. The normalized spacial score (nSPS) is 20.1. The van der Waals surface area contributed by atoms with Crippen LogP contribution in [0.2, 0.25) is 5.02 Å². The van der Waals surface area contributed by atoms with Crippen molar-refractivity contribution in [2.75, 3.05) is 38.1 Å². The summed E-state index contributed by atoms with van der Waals surface area (Å²) in [4.78, 5) is 7.16. The molecule has 1 aromatic heterocycles. The van der Waals surface area contributed by atoms with Gasteiger partial charge < -0.3 is 14.8 Å². The van der Waals surface area contributed by atoms with Crippen LogP contribution in [0.25, 0.3) is 10.2 Å². The quantitative estimate of drug-likeness (QED) is 0.624. The highest BCUT2D eigenvalue weighted by atomic mass is 35.5. The molecular weight excluding hydrogens is 406 g/mol. The lowest BCUT2D eigenvalue weighted by Gasteiger charge is -2.35. The molecule has 1 unspecified atom stereocenters. The van der Waals surface area contributed by atoms with E-state index in [1.54, 1.807) is 11.3 Å². The fraction of sp³-hybridized carbons (Fsp3) is 0.409. The maximum absolute atomic E-state index is 6.11. The standard InChI is InChI=1S/C22H24ClN3O2S/c23-16-5-6-18-21(11-16)29-22(25-18)24-12-15-7-9-26(10-8-15)13-17-14-27-19-3-1-2-4-20(19)28-17/h1-6,11,15,17H,7-10,12-14H2,(H,24,25). The molecule has 1 N–H and O–H groups in total. The van der Waals surface area contributed by atoms with Crippen molar-refractivity contribution in [3.05, 3.63) is 47.5 Å². The number of piperidine rings is 1. The van der Waals surface area contributed by atoms with Crippen LogP contribution in [0.4, 0.5) is 5.13 Å². The molecule has 3 aromatic rings. The Bertz CT molecular complexity index is 987. The molecular formula is C22H24ClN3O2S. The van der Waals surface area contributed by atoms with E-state index in [0.717, 1.165) is 58.0 Å². The molecule has 7 heteroatoms. The van der Waals surface area contributed by atoms with Crippen molar-refractivity contribution >= 4 is 38.3 Å². The lowest BCUT2D eigenvalue weighted by molar-refractivity contribution is 0.0485. The largest absolute Gasteiger partial charge is 0.486 e. The third-order valence-electron chi connectivity index (χ3n) is 5.63. The van der Waals surface area contributed by atoms with E-state index in [0.29, 0.717) is 12.5 Å². The van der Waals surface area contributed by atoms with Gasteiger partial charge in [0.25, 0.3) is 0 Å². The average Bonchev–Trinajstić information content (AvgIpc) is 3.15. The Morgan fingerprint density at radius 1 is 1.14 bits per heavy atom. The van der Waals surface area contributed by atoms with Crippen molar-refractivity contribution in [3.63, 3.8) is 0 Å². The number of para-hydroxylation sites is 2. The highest BCUT2D eigenvalue weighted by Gasteiger charge is 2.26. The zero-order chi connectivity index (χ0) is 19.6. The van der Waals surface area contributed by atoms with Gasteiger partial charge in [-0.1, -0.05) is 35.1 Å². The van der Waals surface area contributed by atoms with Crippen molar-refractivity contribution in [3.8, 4) is 11.5 Å². The monoisotopic (exact) mass is 429 g/mol. The molecule has 0 spiro atoms. The van der Waals surface area contributed by atoms with Crippen molar-refractivity contribution < 1.29 is 9.47 Å². The lowest BCUT2D eigenvalue weighted by Crippen LogP contribution is -2.44. The van der Waals surface area contributed by atoms with E-state index >= 15 is 0 Å². The van der Waals surface area contributed by atoms with E-state index in [1.165, 1.54) is 12.8 Å². The molecule has 3 heterocycles. The number of thiazole rings is 1. The maximum atomic E-state index is 6.11. The van der Waals surface area contributed by atoms with Gasteiger partial charge in [-0.05, 0) is 62.2 Å². The second kappa shape index (κ2) is 8.38. The van der Waals surface area contributed by atoms with Crippen LogP contribution < -0.4 is 14.8 Å². The van der Waals surface area contributed by atoms with Gasteiger partial charge in [0, 0.05) is 18.1 Å². The van der Waals surface area contributed by atoms with Gasteiger partial charge in [0.2, 0.25) is 0 Å². The first-order valence-electron chi connectivity index (χ1n) is 10.1. The van der Waals surface area contributed by atoms with Gasteiger partial charge in [0.05, 0.1) is 10.2 Å². The topological polar surface area (TPSA) is 46.6 Å². The van der Waals surface area contributed by atoms with Crippen molar-refractivity contribution in [2.45, 2.75) is 18.9 Å². The van der Waals surface area contributed by atoms with E-state index in [-0.39, 0.29) is 6.10 Å². The molecule has 0 aliphatic carbocycles. The summed E-state index contributed by atoms with van der Waals surface area (Å²) in [6.45, 7) is 4.72. The molecule has 2 aromatic carbocycles. The fourth-order valence-electron chi connectivity index (χ4n) is 4.02. The Morgan fingerprint density at radius 3 is 2.83 bits per heavy atom. The molecule has 5 nitrogen and oxygen atoms in total. The third-order valence-corrected chi connectivity index (χ3v) is 6.84. The summed E-state index contributed by atoms with van der Waals surface area (Å²) in [5, 5.41) is 5.27. The van der Waals surface area contributed by atoms with Gasteiger partial charge in [-0.25, -0.2) is 4.98 Å². The summed E-state index contributed by atoms with van der Waals surface area (Å²) < 4.78 is 13.1. The number of nitrogens with zero attached hydrogens (tertiary/aromatic N) is 2. The zero-order valence-electron chi connectivity index (χ0n) is 16.1. The highest BCUT2D eigenvalue weighted by Crippen LogP contribution is 2.32. The van der Waals surface area contributed by atoms with Crippen LogP contribution in [0.15, 0.2) is 42.5 Å². The number of benzene rings is 2. The van der Waals surface area contributed by atoms with Crippen LogP contribution in [0.3, 0.4) is 0 Å². The van der Waals surface area contributed by atoms with Gasteiger partial charge in [-0.2, -0.15) is 0 Å². The molecule has 0 amide bonds. The number of likely N-dealkylation sites (tertiary alicyclic amines) is 1. The van der Waals surface area contributed by atoms with Crippen LogP contribution >= 0.6 is 22.9 Å². The van der Waals surface area contributed by atoms with Gasteiger partial charge in [0.15, 0.2) is 16.6 Å². The van der Waals surface area contributed by atoms with Crippen LogP contribution in [0.5, 0.6) is 11.5 Å². The number of halogens is 1. The molecule has 0 bridgehead atoms. The first-order valence-corrected chi connectivity index (χ1v) is 11.3. The zero-order valence-corrected chi connectivity index (χ0v) is 17.7. The van der Waals surface area contributed by atoms with Crippen molar-refractivity contribution in [1.82, 2.24) is 9.88 Å². The number of fused-ring (bicyclic) bond motifs is 2.